The Balaban J connectivity index is 2.12. The van der Waals surface area contributed by atoms with Crippen molar-refractivity contribution in [2.45, 2.75) is 60.3 Å². The van der Waals surface area contributed by atoms with Crippen LogP contribution in [0.1, 0.15) is 60.3 Å². The first-order chi connectivity index (χ1) is 7.86. The van der Waals surface area contributed by atoms with Crippen LogP contribution in [-0.2, 0) is 0 Å². The lowest BCUT2D eigenvalue weighted by Gasteiger charge is -2.37. The van der Waals surface area contributed by atoms with Gasteiger partial charge in [0.25, 0.3) is 0 Å². The molecule has 1 saturated carbocycles. The molecule has 0 bridgehead atoms. The first kappa shape index (κ1) is 12.9. The SMILES string of the molecule is CC(C)C(C)(C)C1CCC(C)(C2=CCC=C2)C1. The second-order valence-corrected chi connectivity index (χ2v) is 7.27. The molecule has 2 aliphatic carbocycles. The van der Waals surface area contributed by atoms with Crippen molar-refractivity contribution in [3.63, 3.8) is 0 Å². The van der Waals surface area contributed by atoms with Gasteiger partial charge in [-0.2, -0.15) is 0 Å². The van der Waals surface area contributed by atoms with Crippen molar-refractivity contribution >= 4 is 0 Å². The number of rotatable bonds is 3. The predicted molar refractivity (Wildman–Crippen MR) is 75.9 cm³/mol. The average molecular weight is 232 g/mol. The van der Waals surface area contributed by atoms with Gasteiger partial charge in [0.1, 0.15) is 0 Å². The normalized spacial score (nSPS) is 33.5. The summed E-state index contributed by atoms with van der Waals surface area (Å²) in [4.78, 5) is 0. The Hall–Kier alpha value is -0.520. The van der Waals surface area contributed by atoms with Crippen LogP contribution in [0.25, 0.3) is 0 Å². The second kappa shape index (κ2) is 4.30. The fourth-order valence-corrected chi connectivity index (χ4v) is 3.52. The van der Waals surface area contributed by atoms with Crippen LogP contribution in [0.5, 0.6) is 0 Å². The molecule has 0 nitrogen and oxygen atoms in total. The molecule has 0 N–H and O–H groups in total. The van der Waals surface area contributed by atoms with Crippen LogP contribution >= 0.6 is 0 Å². The molecule has 1 fully saturated rings. The zero-order valence-electron chi connectivity index (χ0n) is 12.2. The maximum absolute atomic E-state index is 2.48. The number of hydrogen-bond acceptors (Lipinski definition) is 0. The topological polar surface area (TPSA) is 0 Å². The zero-order chi connectivity index (χ0) is 12.7. The third-order valence-electron chi connectivity index (χ3n) is 5.75. The van der Waals surface area contributed by atoms with Crippen LogP contribution < -0.4 is 0 Å². The first-order valence-corrected chi connectivity index (χ1v) is 7.23. The van der Waals surface area contributed by atoms with E-state index in [-0.39, 0.29) is 0 Å². The Bertz CT molecular complexity index is 343. The van der Waals surface area contributed by atoms with Crippen molar-refractivity contribution in [3.8, 4) is 0 Å². The van der Waals surface area contributed by atoms with Crippen molar-refractivity contribution < 1.29 is 0 Å². The molecule has 2 atom stereocenters. The molecule has 2 unspecified atom stereocenters. The molecule has 96 valence electrons. The minimum absolute atomic E-state index is 0.462. The highest BCUT2D eigenvalue weighted by molar-refractivity contribution is 5.33. The van der Waals surface area contributed by atoms with Crippen LogP contribution in [0.4, 0.5) is 0 Å². The van der Waals surface area contributed by atoms with Crippen molar-refractivity contribution in [2.75, 3.05) is 0 Å². The highest BCUT2D eigenvalue weighted by atomic mass is 14.5. The van der Waals surface area contributed by atoms with Gasteiger partial charge in [-0.05, 0) is 53.9 Å². The van der Waals surface area contributed by atoms with Gasteiger partial charge in [-0.1, -0.05) is 52.8 Å². The van der Waals surface area contributed by atoms with Gasteiger partial charge in [-0.25, -0.2) is 0 Å². The van der Waals surface area contributed by atoms with Crippen molar-refractivity contribution in [1.29, 1.82) is 0 Å². The van der Waals surface area contributed by atoms with E-state index in [0.29, 0.717) is 10.8 Å². The van der Waals surface area contributed by atoms with E-state index >= 15 is 0 Å². The lowest BCUT2D eigenvalue weighted by Crippen LogP contribution is -2.29. The van der Waals surface area contributed by atoms with Crippen LogP contribution in [0, 0.1) is 22.7 Å². The fraction of sp³-hybridized carbons (Fsp3) is 0.765. The molecule has 0 heterocycles. The average Bonchev–Trinajstić information content (AvgIpc) is 2.86. The molecule has 2 rings (SSSR count). The van der Waals surface area contributed by atoms with Gasteiger partial charge in [0.05, 0.1) is 0 Å². The minimum Gasteiger partial charge on any atom is -0.0804 e. The van der Waals surface area contributed by atoms with E-state index in [2.05, 4.69) is 52.8 Å². The van der Waals surface area contributed by atoms with E-state index in [9.17, 15) is 0 Å². The van der Waals surface area contributed by atoms with Gasteiger partial charge in [-0.15, -0.1) is 0 Å². The molecular weight excluding hydrogens is 204 g/mol. The number of hydrogen-bond donors (Lipinski definition) is 0. The van der Waals surface area contributed by atoms with Gasteiger partial charge in [0.2, 0.25) is 0 Å². The summed E-state index contributed by atoms with van der Waals surface area (Å²) in [5.41, 5.74) is 2.56. The van der Waals surface area contributed by atoms with E-state index in [1.807, 2.05) is 0 Å². The largest absolute Gasteiger partial charge is 0.0804 e. The monoisotopic (exact) mass is 232 g/mol. The summed E-state index contributed by atoms with van der Waals surface area (Å²) in [5.74, 6) is 1.67. The molecule has 2 aliphatic rings. The van der Waals surface area contributed by atoms with E-state index < -0.39 is 0 Å². The van der Waals surface area contributed by atoms with Crippen LogP contribution in [0.15, 0.2) is 23.8 Å². The summed E-state index contributed by atoms with van der Waals surface area (Å²) in [7, 11) is 0. The number of allylic oxidation sites excluding steroid dienone is 4. The lowest BCUT2D eigenvalue weighted by atomic mass is 9.68. The molecule has 0 amide bonds. The van der Waals surface area contributed by atoms with E-state index in [0.717, 1.165) is 18.3 Å². The molecule has 0 radical (unpaired) electrons. The summed E-state index contributed by atoms with van der Waals surface area (Å²) in [6, 6.07) is 0. The Morgan fingerprint density at radius 2 is 2.06 bits per heavy atom. The molecule has 0 heteroatoms. The molecule has 0 aromatic carbocycles. The Morgan fingerprint density at radius 1 is 1.35 bits per heavy atom. The van der Waals surface area contributed by atoms with Crippen LogP contribution in [0.3, 0.4) is 0 Å². The molecule has 0 spiro atoms. The fourth-order valence-electron chi connectivity index (χ4n) is 3.52. The standard InChI is InChI=1S/C17H28/c1-13(2)16(3,4)15-10-11-17(5,12-15)14-8-6-7-9-14/h6,8-9,13,15H,7,10-12H2,1-5H3. The van der Waals surface area contributed by atoms with Gasteiger partial charge in [0, 0.05) is 0 Å². The first-order valence-electron chi connectivity index (χ1n) is 7.23. The van der Waals surface area contributed by atoms with Crippen molar-refractivity contribution in [2.24, 2.45) is 22.7 Å². The lowest BCUT2D eigenvalue weighted by molar-refractivity contribution is 0.133. The van der Waals surface area contributed by atoms with Gasteiger partial charge >= 0.3 is 0 Å². The zero-order valence-corrected chi connectivity index (χ0v) is 12.2. The van der Waals surface area contributed by atoms with E-state index in [1.165, 1.54) is 19.3 Å². The third-order valence-corrected chi connectivity index (χ3v) is 5.75. The highest BCUT2D eigenvalue weighted by Crippen LogP contribution is 2.54. The summed E-state index contributed by atoms with van der Waals surface area (Å²) in [5, 5.41) is 0. The van der Waals surface area contributed by atoms with Gasteiger partial charge in [-0.3, -0.25) is 0 Å². The van der Waals surface area contributed by atoms with E-state index in [1.54, 1.807) is 5.57 Å². The predicted octanol–water partition coefficient (Wildman–Crippen LogP) is 5.36. The highest BCUT2D eigenvalue weighted by Gasteiger charge is 2.44. The summed E-state index contributed by atoms with van der Waals surface area (Å²) < 4.78 is 0. The minimum atomic E-state index is 0.462. The van der Waals surface area contributed by atoms with Crippen LogP contribution in [0.2, 0.25) is 0 Å². The quantitative estimate of drug-likeness (QED) is 0.614. The Morgan fingerprint density at radius 3 is 2.59 bits per heavy atom. The molecule has 0 aromatic rings. The smallest absolute Gasteiger partial charge is 0.00755 e. The Labute approximate surface area is 107 Å². The van der Waals surface area contributed by atoms with Gasteiger partial charge < -0.3 is 0 Å². The van der Waals surface area contributed by atoms with Crippen LogP contribution in [-0.4, -0.2) is 0 Å². The molecule has 0 aromatic heterocycles. The van der Waals surface area contributed by atoms with Crippen molar-refractivity contribution in [1.82, 2.24) is 0 Å². The van der Waals surface area contributed by atoms with Crippen molar-refractivity contribution in [3.05, 3.63) is 23.8 Å². The maximum Gasteiger partial charge on any atom is -0.00755 e. The molecular formula is C17H28. The molecule has 0 aliphatic heterocycles. The summed E-state index contributed by atoms with van der Waals surface area (Å²) >= 11 is 0. The van der Waals surface area contributed by atoms with Gasteiger partial charge in [0.15, 0.2) is 0 Å². The summed E-state index contributed by atoms with van der Waals surface area (Å²) in [6.45, 7) is 12.2. The molecule has 17 heavy (non-hydrogen) atoms. The maximum atomic E-state index is 2.48. The van der Waals surface area contributed by atoms with E-state index in [4.69, 9.17) is 0 Å². The molecule has 0 saturated heterocycles. The Kier molecular flexibility index (Phi) is 3.27. The third kappa shape index (κ3) is 2.23. The second-order valence-electron chi connectivity index (χ2n) is 7.27. The summed E-state index contributed by atoms with van der Waals surface area (Å²) in [6.07, 6.45) is 12.4.